The van der Waals surface area contributed by atoms with Gasteiger partial charge in [-0.3, -0.25) is 20.2 Å². The Morgan fingerprint density at radius 3 is 2.35 bits per heavy atom. The number of anilines is 2. The summed E-state index contributed by atoms with van der Waals surface area (Å²) in [7, 11) is 0. The van der Waals surface area contributed by atoms with Crippen molar-refractivity contribution in [3.8, 4) is 0 Å². The highest BCUT2D eigenvalue weighted by molar-refractivity contribution is 7.80. The molecule has 8 nitrogen and oxygen atoms in total. The molecule has 2 heterocycles. The van der Waals surface area contributed by atoms with Crippen molar-refractivity contribution in [2.45, 2.75) is 26.2 Å². The van der Waals surface area contributed by atoms with Crippen molar-refractivity contribution in [3.63, 3.8) is 0 Å². The summed E-state index contributed by atoms with van der Waals surface area (Å²) < 4.78 is 0. The van der Waals surface area contributed by atoms with E-state index in [1.807, 2.05) is 30.0 Å². The number of nitrogens with one attached hydrogen (secondary N) is 1. The number of rotatable bonds is 4. The van der Waals surface area contributed by atoms with Crippen LogP contribution in [0.25, 0.3) is 0 Å². The highest BCUT2D eigenvalue weighted by Gasteiger charge is 2.25. The molecule has 2 fully saturated rings. The predicted molar refractivity (Wildman–Crippen MR) is 139 cm³/mol. The van der Waals surface area contributed by atoms with Gasteiger partial charge in [0.1, 0.15) is 5.69 Å². The number of halogens is 1. The molecule has 4 rings (SSSR count). The van der Waals surface area contributed by atoms with E-state index in [9.17, 15) is 14.9 Å². The van der Waals surface area contributed by atoms with Gasteiger partial charge in [-0.25, -0.2) is 0 Å². The third-order valence-corrected chi connectivity index (χ3v) is 7.05. The molecule has 10 heteroatoms. The first-order chi connectivity index (χ1) is 16.3. The van der Waals surface area contributed by atoms with Crippen molar-refractivity contribution in [3.05, 3.63) is 62.7 Å². The maximum Gasteiger partial charge on any atom is 0.292 e. The van der Waals surface area contributed by atoms with Gasteiger partial charge in [0.15, 0.2) is 5.11 Å². The number of carbonyl (C=O) groups is 1. The van der Waals surface area contributed by atoms with E-state index in [4.69, 9.17) is 23.8 Å². The Labute approximate surface area is 209 Å². The Bertz CT molecular complexity index is 1100. The van der Waals surface area contributed by atoms with E-state index >= 15 is 0 Å². The number of benzene rings is 2. The van der Waals surface area contributed by atoms with Crippen LogP contribution < -0.4 is 15.1 Å². The molecule has 0 atom stereocenters. The average Bonchev–Trinajstić information content (AvgIpc) is 2.84. The smallest absolute Gasteiger partial charge is 0.292 e. The first-order valence-electron chi connectivity index (χ1n) is 11.5. The number of aryl methyl sites for hydroxylation is 1. The Morgan fingerprint density at radius 2 is 1.71 bits per heavy atom. The van der Waals surface area contributed by atoms with Gasteiger partial charge < -0.3 is 14.7 Å². The number of nitro benzene ring substituents is 1. The Balaban J connectivity index is 1.39. The van der Waals surface area contributed by atoms with E-state index in [-0.39, 0.29) is 16.5 Å². The fraction of sp³-hybridized carbons (Fsp3) is 0.417. The van der Waals surface area contributed by atoms with Crippen LogP contribution in [0, 0.1) is 17.0 Å². The second-order valence-electron chi connectivity index (χ2n) is 8.69. The first-order valence-corrected chi connectivity index (χ1v) is 12.3. The van der Waals surface area contributed by atoms with E-state index < -0.39 is 0 Å². The second-order valence-corrected chi connectivity index (χ2v) is 9.49. The molecule has 0 radical (unpaired) electrons. The number of piperidine rings is 1. The minimum Gasteiger partial charge on any atom is -0.368 e. The van der Waals surface area contributed by atoms with Gasteiger partial charge in [-0.05, 0) is 68.2 Å². The van der Waals surface area contributed by atoms with Gasteiger partial charge in [0.2, 0.25) is 0 Å². The monoisotopic (exact) mass is 501 g/mol. The fourth-order valence-corrected chi connectivity index (χ4v) is 5.06. The van der Waals surface area contributed by atoms with E-state index in [0.717, 1.165) is 37.2 Å². The summed E-state index contributed by atoms with van der Waals surface area (Å²) in [6.07, 6.45) is 3.27. The number of amides is 1. The molecule has 34 heavy (non-hydrogen) atoms. The normalized spacial score (nSPS) is 16.4. The van der Waals surface area contributed by atoms with E-state index in [1.165, 1.54) is 6.42 Å². The number of carbonyl (C=O) groups excluding carboxylic acids is 1. The van der Waals surface area contributed by atoms with Gasteiger partial charge in [-0.15, -0.1) is 0 Å². The van der Waals surface area contributed by atoms with Gasteiger partial charge in [0.05, 0.1) is 15.5 Å². The number of nitrogens with zero attached hydrogens (tertiary/aromatic N) is 4. The van der Waals surface area contributed by atoms with Crippen LogP contribution in [-0.4, -0.2) is 60.1 Å². The predicted octanol–water partition coefficient (Wildman–Crippen LogP) is 4.38. The van der Waals surface area contributed by atoms with Gasteiger partial charge in [-0.1, -0.05) is 17.7 Å². The van der Waals surface area contributed by atoms with Crippen molar-refractivity contribution in [2.75, 3.05) is 49.1 Å². The Morgan fingerprint density at radius 1 is 1.00 bits per heavy atom. The number of hydrogen-bond donors (Lipinski definition) is 1. The summed E-state index contributed by atoms with van der Waals surface area (Å²) in [6, 6.07) is 10.7. The number of piperazine rings is 1. The zero-order chi connectivity index (χ0) is 24.2. The van der Waals surface area contributed by atoms with Crippen molar-refractivity contribution >= 4 is 51.9 Å². The van der Waals surface area contributed by atoms with Crippen LogP contribution in [0.2, 0.25) is 5.02 Å². The van der Waals surface area contributed by atoms with Gasteiger partial charge >= 0.3 is 0 Å². The minimum atomic E-state index is -0.320. The van der Waals surface area contributed by atoms with E-state index in [2.05, 4.69) is 15.1 Å². The van der Waals surface area contributed by atoms with Crippen LogP contribution in [0.5, 0.6) is 0 Å². The molecule has 0 unspecified atom stereocenters. The molecule has 0 bridgehead atoms. The van der Waals surface area contributed by atoms with Crippen molar-refractivity contribution in [2.24, 2.45) is 0 Å². The summed E-state index contributed by atoms with van der Waals surface area (Å²) in [5, 5.41) is 15.2. The third kappa shape index (κ3) is 5.42. The third-order valence-electron chi connectivity index (χ3n) is 6.37. The molecular formula is C24H28ClN5O3S. The lowest BCUT2D eigenvalue weighted by Gasteiger charge is -2.37. The lowest BCUT2D eigenvalue weighted by molar-refractivity contribution is -0.384. The molecule has 0 aromatic heterocycles. The molecule has 1 amide bonds. The summed E-state index contributed by atoms with van der Waals surface area (Å²) in [4.78, 5) is 30.2. The topological polar surface area (TPSA) is 82.0 Å². The van der Waals surface area contributed by atoms with Crippen molar-refractivity contribution < 1.29 is 9.72 Å². The quantitative estimate of drug-likeness (QED) is 0.378. The summed E-state index contributed by atoms with van der Waals surface area (Å²) in [5.41, 5.74) is 3.19. The Hall–Kier alpha value is -2.91. The zero-order valence-corrected chi connectivity index (χ0v) is 20.7. The first kappa shape index (κ1) is 24.2. The number of thiocarbonyl (C=S) groups is 1. The molecule has 0 saturated carbocycles. The maximum atomic E-state index is 12.6. The minimum absolute atomic E-state index is 0.156. The largest absolute Gasteiger partial charge is 0.368 e. The molecule has 1 N–H and O–H groups in total. The molecule has 2 aromatic rings. The molecule has 180 valence electrons. The van der Waals surface area contributed by atoms with Crippen LogP contribution in [0.1, 0.15) is 35.2 Å². The lowest BCUT2D eigenvalue weighted by Crippen LogP contribution is -2.52. The zero-order valence-electron chi connectivity index (χ0n) is 19.1. The van der Waals surface area contributed by atoms with E-state index in [1.54, 1.807) is 18.2 Å². The van der Waals surface area contributed by atoms with Crippen LogP contribution in [0.3, 0.4) is 0 Å². The van der Waals surface area contributed by atoms with Gasteiger partial charge in [0.25, 0.3) is 11.6 Å². The van der Waals surface area contributed by atoms with E-state index in [0.29, 0.717) is 47.6 Å². The Kier molecular flexibility index (Phi) is 7.53. The van der Waals surface area contributed by atoms with Crippen LogP contribution in [0.4, 0.5) is 17.1 Å². The molecule has 0 aliphatic carbocycles. The average molecular weight is 502 g/mol. The molecule has 2 aliphatic heterocycles. The number of nitro groups is 1. The van der Waals surface area contributed by atoms with Crippen molar-refractivity contribution in [1.29, 1.82) is 0 Å². The molecule has 2 aromatic carbocycles. The summed E-state index contributed by atoms with van der Waals surface area (Å²) in [6.45, 7) is 6.26. The maximum absolute atomic E-state index is 12.6. The lowest BCUT2D eigenvalue weighted by atomic mass is 10.1. The highest BCUT2D eigenvalue weighted by Crippen LogP contribution is 2.34. The molecule has 2 aliphatic rings. The van der Waals surface area contributed by atoms with Gasteiger partial charge in [0, 0.05) is 51.0 Å². The van der Waals surface area contributed by atoms with Crippen LogP contribution in [-0.2, 0) is 0 Å². The number of hydrogen-bond acceptors (Lipinski definition) is 6. The summed E-state index contributed by atoms with van der Waals surface area (Å²) in [5.74, 6) is -0.320. The molecular weight excluding hydrogens is 474 g/mol. The molecule has 0 spiro atoms. The van der Waals surface area contributed by atoms with Crippen molar-refractivity contribution in [1.82, 2.24) is 10.2 Å². The van der Waals surface area contributed by atoms with Crippen LogP contribution in [0.15, 0.2) is 36.4 Å². The second kappa shape index (κ2) is 10.6. The highest BCUT2D eigenvalue weighted by atomic mass is 35.5. The molecule has 2 saturated heterocycles. The summed E-state index contributed by atoms with van der Waals surface area (Å²) >= 11 is 11.7. The van der Waals surface area contributed by atoms with Crippen LogP contribution >= 0.6 is 23.8 Å². The fourth-order valence-electron chi connectivity index (χ4n) is 4.47. The standard InChI is InChI=1S/C24H28ClN5O3S/c1-17-5-7-19(20(25)15-17)23(31)26-24(34)29-13-11-27(12-14-29)18-6-8-21(30(32)33)22(16-18)28-9-3-2-4-10-28/h5-8,15-16H,2-4,9-14H2,1H3,(H,26,31,34). The van der Waals surface area contributed by atoms with Gasteiger partial charge in [-0.2, -0.15) is 0 Å². The SMILES string of the molecule is Cc1ccc(C(=O)NC(=S)N2CCN(c3ccc([N+](=O)[O-])c(N4CCCCC4)c3)CC2)c(Cl)c1.